The van der Waals surface area contributed by atoms with Crippen LogP contribution in [0.5, 0.6) is 0 Å². The quantitative estimate of drug-likeness (QED) is 0.781. The molecule has 2 N–H and O–H groups in total. The summed E-state index contributed by atoms with van der Waals surface area (Å²) in [6, 6.07) is 0. The molecule has 2 bridgehead atoms. The second-order valence-electron chi connectivity index (χ2n) is 8.32. The average molecular weight is 282 g/mol. The summed E-state index contributed by atoms with van der Waals surface area (Å²) < 4.78 is 5.87. The molecule has 0 aromatic carbocycles. The van der Waals surface area contributed by atoms with Gasteiger partial charge in [-0.15, -0.1) is 0 Å². The van der Waals surface area contributed by atoms with Gasteiger partial charge in [0.15, 0.2) is 5.79 Å². The zero-order chi connectivity index (χ0) is 14.6. The molecule has 20 heavy (non-hydrogen) atoms. The van der Waals surface area contributed by atoms with E-state index in [2.05, 4.69) is 20.8 Å². The molecule has 3 rings (SSSR count). The lowest BCUT2D eigenvalue weighted by molar-refractivity contribution is -0.258. The molecule has 3 atom stereocenters. The van der Waals surface area contributed by atoms with Gasteiger partial charge in [0.25, 0.3) is 0 Å². The van der Waals surface area contributed by atoms with Crippen molar-refractivity contribution >= 4 is 0 Å². The van der Waals surface area contributed by atoms with Crippen LogP contribution in [0.3, 0.4) is 0 Å². The molecular weight excluding hydrogens is 252 g/mol. The second-order valence-corrected chi connectivity index (χ2v) is 8.32. The van der Waals surface area contributed by atoms with Gasteiger partial charge in [-0.25, -0.2) is 0 Å². The molecule has 3 aliphatic carbocycles. The number of fused-ring (bicyclic) bond motifs is 2. The minimum absolute atomic E-state index is 0.0876. The van der Waals surface area contributed by atoms with E-state index in [0.717, 1.165) is 25.7 Å². The van der Waals surface area contributed by atoms with E-state index in [9.17, 15) is 10.2 Å². The molecule has 0 amide bonds. The van der Waals surface area contributed by atoms with Crippen molar-refractivity contribution in [3.63, 3.8) is 0 Å². The molecule has 3 fully saturated rings. The molecule has 0 spiro atoms. The number of rotatable bonds is 3. The van der Waals surface area contributed by atoms with E-state index in [0.29, 0.717) is 25.4 Å². The number of aliphatic hydroxyl groups is 2. The van der Waals surface area contributed by atoms with Crippen LogP contribution in [0.4, 0.5) is 0 Å². The van der Waals surface area contributed by atoms with E-state index < -0.39 is 11.4 Å². The Morgan fingerprint density at radius 3 is 2.15 bits per heavy atom. The zero-order valence-electron chi connectivity index (χ0n) is 13.2. The van der Waals surface area contributed by atoms with Crippen LogP contribution in [0.25, 0.3) is 0 Å². The first-order valence-electron chi connectivity index (χ1n) is 8.31. The van der Waals surface area contributed by atoms with Crippen molar-refractivity contribution in [3.05, 3.63) is 0 Å². The van der Waals surface area contributed by atoms with Crippen molar-refractivity contribution in [2.45, 2.75) is 83.5 Å². The monoisotopic (exact) mass is 282 g/mol. The summed E-state index contributed by atoms with van der Waals surface area (Å²) >= 11 is 0. The summed E-state index contributed by atoms with van der Waals surface area (Å²) in [6.45, 7) is 7.09. The molecule has 0 radical (unpaired) electrons. The third-order valence-electron chi connectivity index (χ3n) is 7.26. The van der Waals surface area contributed by atoms with Crippen LogP contribution in [0, 0.1) is 16.7 Å². The third-order valence-corrected chi connectivity index (χ3v) is 7.26. The summed E-state index contributed by atoms with van der Waals surface area (Å²) in [5.74, 6) is -0.404. The molecule has 3 unspecified atom stereocenters. The Morgan fingerprint density at radius 2 is 1.65 bits per heavy atom. The SMILES string of the molecule is CC1(C)C2CCC1(C)C(O)(COC1(O)CCCCC1)C2. The molecule has 3 nitrogen and oxygen atoms in total. The minimum Gasteiger partial charge on any atom is -0.387 e. The van der Waals surface area contributed by atoms with E-state index >= 15 is 0 Å². The van der Waals surface area contributed by atoms with Gasteiger partial charge in [-0.3, -0.25) is 0 Å². The van der Waals surface area contributed by atoms with Gasteiger partial charge < -0.3 is 14.9 Å². The van der Waals surface area contributed by atoms with Gasteiger partial charge in [-0.05, 0) is 43.4 Å². The van der Waals surface area contributed by atoms with Crippen molar-refractivity contribution in [1.82, 2.24) is 0 Å². The van der Waals surface area contributed by atoms with Crippen LogP contribution in [-0.4, -0.2) is 28.2 Å². The second kappa shape index (κ2) is 4.44. The Morgan fingerprint density at radius 1 is 1.00 bits per heavy atom. The molecule has 0 aliphatic heterocycles. The summed E-state index contributed by atoms with van der Waals surface area (Å²) in [4.78, 5) is 0. The maximum Gasteiger partial charge on any atom is 0.165 e. The highest BCUT2D eigenvalue weighted by atomic mass is 16.6. The Hall–Kier alpha value is -0.120. The van der Waals surface area contributed by atoms with Gasteiger partial charge in [0.2, 0.25) is 0 Å². The Bertz CT molecular complexity index is 386. The van der Waals surface area contributed by atoms with Crippen LogP contribution < -0.4 is 0 Å². The average Bonchev–Trinajstić information content (AvgIpc) is 2.70. The Labute approximate surface area is 122 Å². The van der Waals surface area contributed by atoms with E-state index in [4.69, 9.17) is 4.74 Å². The minimum atomic E-state index is -0.990. The van der Waals surface area contributed by atoms with E-state index in [1.807, 2.05) is 0 Å². The van der Waals surface area contributed by atoms with Gasteiger partial charge >= 0.3 is 0 Å². The molecule has 0 aromatic heterocycles. The van der Waals surface area contributed by atoms with Crippen LogP contribution in [0.15, 0.2) is 0 Å². The van der Waals surface area contributed by atoms with Gasteiger partial charge in [0.05, 0.1) is 12.2 Å². The largest absolute Gasteiger partial charge is 0.387 e. The standard InChI is InChI=1S/C17H30O3/c1-14(2)13-7-10-15(14,3)16(18,11-13)12-20-17(19)8-5-4-6-9-17/h13,18-19H,4-12H2,1-3H3. The zero-order valence-corrected chi connectivity index (χ0v) is 13.2. The third kappa shape index (κ3) is 1.89. The van der Waals surface area contributed by atoms with Crippen molar-refractivity contribution in [2.75, 3.05) is 6.61 Å². The predicted octanol–water partition coefficient (Wildman–Crippen LogP) is 3.23. The maximum atomic E-state index is 11.2. The topological polar surface area (TPSA) is 49.7 Å². The summed E-state index contributed by atoms with van der Waals surface area (Å²) in [6.07, 6.45) is 7.79. The predicted molar refractivity (Wildman–Crippen MR) is 78.2 cm³/mol. The summed E-state index contributed by atoms with van der Waals surface area (Å²) in [5, 5.41) is 21.7. The lowest BCUT2D eigenvalue weighted by Crippen LogP contribution is -2.52. The molecule has 0 saturated heterocycles. The van der Waals surface area contributed by atoms with Crippen molar-refractivity contribution in [3.8, 4) is 0 Å². The van der Waals surface area contributed by atoms with Gasteiger partial charge in [-0.2, -0.15) is 0 Å². The van der Waals surface area contributed by atoms with Crippen LogP contribution in [0.2, 0.25) is 0 Å². The molecule has 3 saturated carbocycles. The first-order chi connectivity index (χ1) is 9.23. The molecule has 3 aliphatic rings. The smallest absolute Gasteiger partial charge is 0.165 e. The van der Waals surface area contributed by atoms with Gasteiger partial charge in [-0.1, -0.05) is 27.2 Å². The molecular formula is C17H30O3. The number of ether oxygens (including phenoxy) is 1. The van der Waals surface area contributed by atoms with Crippen LogP contribution >= 0.6 is 0 Å². The Kier molecular flexibility index (Phi) is 3.28. The van der Waals surface area contributed by atoms with Gasteiger partial charge in [0.1, 0.15) is 0 Å². The fourth-order valence-corrected chi connectivity index (χ4v) is 5.14. The summed E-state index contributed by atoms with van der Waals surface area (Å²) in [7, 11) is 0. The van der Waals surface area contributed by atoms with Crippen molar-refractivity contribution < 1.29 is 14.9 Å². The molecule has 3 heteroatoms. The van der Waals surface area contributed by atoms with Gasteiger partial charge in [0, 0.05) is 18.3 Å². The highest BCUT2D eigenvalue weighted by molar-refractivity contribution is 5.17. The maximum absolute atomic E-state index is 11.2. The van der Waals surface area contributed by atoms with Crippen LogP contribution in [-0.2, 0) is 4.74 Å². The van der Waals surface area contributed by atoms with Crippen molar-refractivity contribution in [1.29, 1.82) is 0 Å². The first kappa shape index (κ1) is 14.8. The van der Waals surface area contributed by atoms with E-state index in [1.54, 1.807) is 0 Å². The summed E-state index contributed by atoms with van der Waals surface area (Å²) in [5.41, 5.74) is -0.692. The highest BCUT2D eigenvalue weighted by Crippen LogP contribution is 2.69. The van der Waals surface area contributed by atoms with E-state index in [-0.39, 0.29) is 10.8 Å². The fraction of sp³-hybridized carbons (Fsp3) is 1.00. The van der Waals surface area contributed by atoms with E-state index in [1.165, 1.54) is 12.8 Å². The molecule has 116 valence electrons. The number of hydrogen-bond donors (Lipinski definition) is 2. The highest BCUT2D eigenvalue weighted by Gasteiger charge is 2.68. The Balaban J connectivity index is 1.71. The first-order valence-corrected chi connectivity index (χ1v) is 8.31. The molecule has 0 heterocycles. The van der Waals surface area contributed by atoms with Crippen molar-refractivity contribution in [2.24, 2.45) is 16.7 Å². The molecule has 0 aromatic rings. The normalized spacial score (nSPS) is 45.8. The van der Waals surface area contributed by atoms with Crippen LogP contribution in [0.1, 0.15) is 72.1 Å². The lowest BCUT2D eigenvalue weighted by Gasteiger charge is -2.46. The fourth-order valence-electron chi connectivity index (χ4n) is 5.14. The lowest BCUT2D eigenvalue weighted by atomic mass is 9.64. The number of hydrogen-bond acceptors (Lipinski definition) is 3.